The van der Waals surface area contributed by atoms with Gasteiger partial charge in [-0.25, -0.2) is 4.98 Å². The molecule has 2 aliphatic rings. The molecular formula is C25H32ClNO5. The molecule has 0 aliphatic carbocycles. The van der Waals surface area contributed by atoms with Crippen LogP contribution in [0.1, 0.15) is 61.8 Å². The average molecular weight is 462 g/mol. The molecule has 3 heterocycles. The van der Waals surface area contributed by atoms with E-state index in [2.05, 4.69) is 23.7 Å². The summed E-state index contributed by atoms with van der Waals surface area (Å²) in [6.45, 7) is 5.49. The molecule has 2 aromatic rings. The van der Waals surface area contributed by atoms with Crippen molar-refractivity contribution in [3.63, 3.8) is 0 Å². The number of ether oxygens (including phenoxy) is 3. The lowest BCUT2D eigenvalue weighted by Crippen LogP contribution is -2.37. The van der Waals surface area contributed by atoms with Crippen molar-refractivity contribution in [3.8, 4) is 0 Å². The molecule has 0 radical (unpaired) electrons. The van der Waals surface area contributed by atoms with Crippen LogP contribution in [-0.4, -0.2) is 41.1 Å². The van der Waals surface area contributed by atoms with Crippen LogP contribution in [0.15, 0.2) is 53.2 Å². The summed E-state index contributed by atoms with van der Waals surface area (Å²) in [5.74, 6) is 0.679. The van der Waals surface area contributed by atoms with Gasteiger partial charge in [0.1, 0.15) is 18.1 Å². The molecule has 2 fully saturated rings. The van der Waals surface area contributed by atoms with E-state index in [1.54, 1.807) is 6.26 Å². The predicted molar refractivity (Wildman–Crippen MR) is 121 cm³/mol. The number of aliphatic hydroxyl groups excluding tert-OH is 1. The highest BCUT2D eigenvalue weighted by molar-refractivity contribution is 6.16. The van der Waals surface area contributed by atoms with Crippen molar-refractivity contribution < 1.29 is 23.7 Å². The molecule has 0 unspecified atom stereocenters. The Morgan fingerprint density at radius 2 is 1.91 bits per heavy atom. The standard InChI is InChI=1S/C25H32ClNO5/c1-17-9-20(7-8-29-15-18-5-3-2-4-6-18)31-21(10-17)13-22-11-19(28)12-24(32-22)23-16-30-25(14-26)27-23/h2-6,16,19-22,24,28H,1,7-15H2/t19-,20-,21+,22-,24+/m0/s1. The number of aliphatic hydroxyl groups is 1. The molecule has 1 aromatic heterocycles. The van der Waals surface area contributed by atoms with Gasteiger partial charge in [-0.1, -0.05) is 42.5 Å². The van der Waals surface area contributed by atoms with Gasteiger partial charge in [-0.15, -0.1) is 11.6 Å². The van der Waals surface area contributed by atoms with Gasteiger partial charge in [0.05, 0.1) is 36.9 Å². The number of benzene rings is 1. The van der Waals surface area contributed by atoms with Gasteiger partial charge in [-0.2, -0.15) is 0 Å². The maximum absolute atomic E-state index is 10.4. The maximum atomic E-state index is 10.4. The smallest absolute Gasteiger partial charge is 0.209 e. The van der Waals surface area contributed by atoms with Crippen LogP contribution in [-0.2, 0) is 26.7 Å². The van der Waals surface area contributed by atoms with Gasteiger partial charge in [-0.05, 0) is 31.2 Å². The second-order valence-corrected chi connectivity index (χ2v) is 9.04. The highest BCUT2D eigenvalue weighted by Crippen LogP contribution is 2.35. The molecule has 1 N–H and O–H groups in total. The first-order valence-corrected chi connectivity index (χ1v) is 11.9. The maximum Gasteiger partial charge on any atom is 0.209 e. The third-order valence-electron chi connectivity index (χ3n) is 6.03. The van der Waals surface area contributed by atoms with Crippen LogP contribution in [0.2, 0.25) is 0 Å². The number of nitrogens with zero attached hydrogens (tertiary/aromatic N) is 1. The van der Waals surface area contributed by atoms with Crippen LogP contribution < -0.4 is 0 Å². The molecule has 174 valence electrons. The molecule has 6 nitrogen and oxygen atoms in total. The largest absolute Gasteiger partial charge is 0.447 e. The van der Waals surface area contributed by atoms with Crippen molar-refractivity contribution in [2.45, 2.75) is 81.5 Å². The van der Waals surface area contributed by atoms with E-state index in [4.69, 9.17) is 30.2 Å². The summed E-state index contributed by atoms with van der Waals surface area (Å²) in [5, 5.41) is 10.4. The lowest BCUT2D eigenvalue weighted by atomic mass is 9.91. The van der Waals surface area contributed by atoms with Crippen molar-refractivity contribution in [1.82, 2.24) is 4.98 Å². The summed E-state index contributed by atoms with van der Waals surface area (Å²) >= 11 is 5.79. The van der Waals surface area contributed by atoms with E-state index in [9.17, 15) is 5.11 Å². The normalized spacial score (nSPS) is 28.7. The zero-order valence-corrected chi connectivity index (χ0v) is 19.1. The highest BCUT2D eigenvalue weighted by atomic mass is 35.5. The molecular weight excluding hydrogens is 430 g/mol. The SMILES string of the molecule is C=C1C[C@H](C[C@@H]2C[C@H](O)C[C@H](c3coc(CCl)n3)O2)O[C@@H](CCOCc2ccccc2)C1. The first-order valence-electron chi connectivity index (χ1n) is 11.4. The Kier molecular flexibility index (Phi) is 8.38. The molecule has 5 atom stereocenters. The fourth-order valence-electron chi connectivity index (χ4n) is 4.54. The van der Waals surface area contributed by atoms with Gasteiger partial charge in [0.2, 0.25) is 5.89 Å². The molecule has 0 saturated carbocycles. The van der Waals surface area contributed by atoms with E-state index in [-0.39, 0.29) is 30.3 Å². The second kappa shape index (κ2) is 11.4. The summed E-state index contributed by atoms with van der Waals surface area (Å²) in [7, 11) is 0. The van der Waals surface area contributed by atoms with Crippen LogP contribution in [0.3, 0.4) is 0 Å². The lowest BCUT2D eigenvalue weighted by molar-refractivity contribution is -0.129. The minimum absolute atomic E-state index is 0.0297. The number of alkyl halides is 1. The van der Waals surface area contributed by atoms with Gasteiger partial charge in [0, 0.05) is 19.4 Å². The van der Waals surface area contributed by atoms with Crippen molar-refractivity contribution in [1.29, 1.82) is 0 Å². The minimum atomic E-state index is -0.441. The fraction of sp³-hybridized carbons (Fsp3) is 0.560. The Balaban J connectivity index is 1.25. The van der Waals surface area contributed by atoms with Crippen molar-refractivity contribution in [3.05, 3.63) is 65.9 Å². The summed E-state index contributed by atoms with van der Waals surface area (Å²) in [6.07, 6.45) is 5.19. The van der Waals surface area contributed by atoms with Gasteiger partial charge >= 0.3 is 0 Å². The van der Waals surface area contributed by atoms with Crippen molar-refractivity contribution in [2.75, 3.05) is 6.61 Å². The third-order valence-corrected chi connectivity index (χ3v) is 6.26. The summed E-state index contributed by atoms with van der Waals surface area (Å²) in [5.41, 5.74) is 3.06. The van der Waals surface area contributed by atoms with Crippen molar-refractivity contribution in [2.24, 2.45) is 0 Å². The molecule has 4 rings (SSSR count). The van der Waals surface area contributed by atoms with E-state index >= 15 is 0 Å². The van der Waals surface area contributed by atoms with E-state index in [1.807, 2.05) is 18.2 Å². The Labute approximate surface area is 194 Å². The zero-order valence-electron chi connectivity index (χ0n) is 18.3. The molecule has 1 aromatic carbocycles. The monoisotopic (exact) mass is 461 g/mol. The van der Waals surface area contributed by atoms with E-state index < -0.39 is 6.10 Å². The highest BCUT2D eigenvalue weighted by Gasteiger charge is 2.34. The number of hydrogen-bond donors (Lipinski definition) is 1. The number of oxazole rings is 1. The Morgan fingerprint density at radius 3 is 2.69 bits per heavy atom. The zero-order chi connectivity index (χ0) is 22.3. The Bertz CT molecular complexity index is 857. The van der Waals surface area contributed by atoms with Gasteiger partial charge in [-0.3, -0.25) is 0 Å². The van der Waals surface area contributed by atoms with Crippen molar-refractivity contribution >= 4 is 11.6 Å². The van der Waals surface area contributed by atoms with Crippen LogP contribution >= 0.6 is 11.6 Å². The molecule has 0 bridgehead atoms. The van der Waals surface area contributed by atoms with Crippen LogP contribution in [0.5, 0.6) is 0 Å². The average Bonchev–Trinajstić information content (AvgIpc) is 3.26. The molecule has 2 aliphatic heterocycles. The lowest BCUT2D eigenvalue weighted by Gasteiger charge is -2.37. The first kappa shape index (κ1) is 23.5. The molecule has 32 heavy (non-hydrogen) atoms. The van der Waals surface area contributed by atoms with Gasteiger partial charge in [0.15, 0.2) is 0 Å². The Morgan fingerprint density at radius 1 is 1.09 bits per heavy atom. The summed E-state index contributed by atoms with van der Waals surface area (Å²) < 4.78 is 23.8. The minimum Gasteiger partial charge on any atom is -0.447 e. The number of rotatable bonds is 9. The molecule has 7 heteroatoms. The van der Waals surface area contributed by atoms with E-state index in [0.29, 0.717) is 44.1 Å². The van der Waals surface area contributed by atoms with Crippen LogP contribution in [0.25, 0.3) is 0 Å². The topological polar surface area (TPSA) is 74.0 Å². The van der Waals surface area contributed by atoms with Crippen LogP contribution in [0.4, 0.5) is 0 Å². The van der Waals surface area contributed by atoms with E-state index in [1.165, 1.54) is 11.1 Å². The van der Waals surface area contributed by atoms with Gasteiger partial charge < -0.3 is 23.7 Å². The Hall–Kier alpha value is -1.70. The van der Waals surface area contributed by atoms with Gasteiger partial charge in [0.25, 0.3) is 0 Å². The quantitative estimate of drug-likeness (QED) is 0.318. The number of aromatic nitrogens is 1. The fourth-order valence-corrected chi connectivity index (χ4v) is 4.67. The van der Waals surface area contributed by atoms with E-state index in [0.717, 1.165) is 19.3 Å². The third kappa shape index (κ3) is 6.65. The summed E-state index contributed by atoms with van der Waals surface area (Å²) in [6, 6.07) is 10.2. The molecule has 2 saturated heterocycles. The summed E-state index contributed by atoms with van der Waals surface area (Å²) in [4.78, 5) is 4.36. The second-order valence-electron chi connectivity index (χ2n) is 8.77. The predicted octanol–water partition coefficient (Wildman–Crippen LogP) is 5.10. The number of halogens is 1. The first-order chi connectivity index (χ1) is 15.6. The number of hydrogen-bond acceptors (Lipinski definition) is 6. The molecule has 0 amide bonds. The molecule has 0 spiro atoms. The van der Waals surface area contributed by atoms with Crippen LogP contribution in [0, 0.1) is 0 Å².